The summed E-state index contributed by atoms with van der Waals surface area (Å²) < 4.78 is 18.2. The molecule has 2 aromatic heterocycles. The Hall–Kier alpha value is -4.10. The molecule has 8 heteroatoms. The van der Waals surface area contributed by atoms with Gasteiger partial charge in [0.1, 0.15) is 28.9 Å². The van der Waals surface area contributed by atoms with Crippen LogP contribution in [0.2, 0.25) is 5.02 Å². The predicted molar refractivity (Wildman–Crippen MR) is 139 cm³/mol. The minimum absolute atomic E-state index is 0.166. The second-order valence-electron chi connectivity index (χ2n) is 8.58. The lowest BCUT2D eigenvalue weighted by molar-refractivity contribution is 0.170. The van der Waals surface area contributed by atoms with Crippen LogP contribution in [0.5, 0.6) is 17.2 Å². The first-order valence-electron chi connectivity index (χ1n) is 11.8. The molecular weight excluding hydrogens is 476 g/mol. The highest BCUT2D eigenvalue weighted by molar-refractivity contribution is 6.30. The fourth-order valence-electron chi connectivity index (χ4n) is 4.23. The van der Waals surface area contributed by atoms with E-state index in [9.17, 15) is 0 Å². The van der Waals surface area contributed by atoms with Crippen molar-refractivity contribution in [3.8, 4) is 28.7 Å². The highest BCUT2D eigenvalue weighted by Crippen LogP contribution is 2.31. The van der Waals surface area contributed by atoms with Crippen LogP contribution in [0.15, 0.2) is 89.6 Å². The molecule has 0 bridgehead atoms. The number of hydrogen-bond acceptors (Lipinski definition) is 7. The molecule has 0 aliphatic carbocycles. The average molecular weight is 499 g/mol. The zero-order chi connectivity index (χ0) is 24.3. The molecule has 1 aliphatic rings. The smallest absolute Gasteiger partial charge is 0.227 e. The van der Waals surface area contributed by atoms with Crippen LogP contribution in [0.4, 0.5) is 5.95 Å². The summed E-state index contributed by atoms with van der Waals surface area (Å²) in [6, 6.07) is 22.5. The van der Waals surface area contributed by atoms with E-state index in [2.05, 4.69) is 19.9 Å². The number of rotatable bonds is 6. The van der Waals surface area contributed by atoms with Gasteiger partial charge in [-0.1, -0.05) is 11.6 Å². The molecule has 6 rings (SSSR count). The van der Waals surface area contributed by atoms with Gasteiger partial charge in [-0.2, -0.15) is 0 Å². The van der Waals surface area contributed by atoms with Gasteiger partial charge in [0, 0.05) is 55.0 Å². The fraction of sp³-hybridized carbons (Fsp3) is 0.179. The average Bonchev–Trinajstić information content (AvgIpc) is 3.35. The van der Waals surface area contributed by atoms with Crippen molar-refractivity contribution in [1.29, 1.82) is 0 Å². The van der Waals surface area contributed by atoms with Crippen molar-refractivity contribution in [1.82, 2.24) is 15.0 Å². The van der Waals surface area contributed by atoms with E-state index >= 15 is 0 Å². The van der Waals surface area contributed by atoms with E-state index < -0.39 is 0 Å². The van der Waals surface area contributed by atoms with Crippen LogP contribution in [0.25, 0.3) is 22.6 Å². The summed E-state index contributed by atoms with van der Waals surface area (Å²) in [7, 11) is 0. The van der Waals surface area contributed by atoms with Crippen molar-refractivity contribution in [2.24, 2.45) is 0 Å². The number of aromatic nitrogens is 3. The molecule has 0 N–H and O–H groups in total. The quantitative estimate of drug-likeness (QED) is 0.255. The van der Waals surface area contributed by atoms with E-state index in [1.54, 1.807) is 24.5 Å². The zero-order valence-electron chi connectivity index (χ0n) is 19.4. The monoisotopic (exact) mass is 498 g/mol. The van der Waals surface area contributed by atoms with Gasteiger partial charge in [0.05, 0.1) is 0 Å². The molecule has 1 saturated heterocycles. The van der Waals surface area contributed by atoms with Crippen LogP contribution in [0, 0.1) is 0 Å². The third kappa shape index (κ3) is 4.97. The summed E-state index contributed by atoms with van der Waals surface area (Å²) in [6.45, 7) is 1.75. The lowest BCUT2D eigenvalue weighted by Crippen LogP contribution is -2.39. The number of fused-ring (bicyclic) bond motifs is 1. The number of benzene rings is 3. The molecule has 1 aliphatic heterocycles. The Balaban J connectivity index is 1.09. The Labute approximate surface area is 213 Å². The molecule has 0 radical (unpaired) electrons. The molecule has 0 saturated carbocycles. The van der Waals surface area contributed by atoms with Crippen LogP contribution in [0.3, 0.4) is 0 Å². The van der Waals surface area contributed by atoms with Crippen LogP contribution in [-0.2, 0) is 0 Å². The highest BCUT2D eigenvalue weighted by Gasteiger charge is 2.22. The molecule has 0 amide bonds. The van der Waals surface area contributed by atoms with E-state index in [-0.39, 0.29) is 6.10 Å². The minimum Gasteiger partial charge on any atom is -0.490 e. The van der Waals surface area contributed by atoms with E-state index in [0.29, 0.717) is 28.0 Å². The molecule has 5 aromatic rings. The lowest BCUT2D eigenvalue weighted by atomic mass is 10.1. The second-order valence-corrected chi connectivity index (χ2v) is 9.02. The summed E-state index contributed by atoms with van der Waals surface area (Å²) >= 11 is 5.95. The molecule has 7 nitrogen and oxygen atoms in total. The number of piperidine rings is 1. The van der Waals surface area contributed by atoms with E-state index in [1.165, 1.54) is 0 Å². The van der Waals surface area contributed by atoms with E-state index in [0.717, 1.165) is 48.7 Å². The SMILES string of the molecule is Clc1ccc(Oc2ccc3nc(-c4ccc(OC5CCN(c6ncccn6)CC5)cc4)oc3c2)cc1. The normalized spacial score (nSPS) is 14.2. The standard InChI is InChI=1S/C28H23ClN4O3/c29-20-4-8-22(9-5-20)35-24-10-11-25-26(18-24)36-27(32-25)19-2-6-21(7-3-19)34-23-12-16-33(17-13-23)28-30-14-1-15-31-28/h1-11,14-15,18,23H,12-13,16-17H2. The van der Waals surface area contributed by atoms with Gasteiger partial charge < -0.3 is 18.8 Å². The Morgan fingerprint density at radius 3 is 2.28 bits per heavy atom. The molecule has 3 aromatic carbocycles. The van der Waals surface area contributed by atoms with Gasteiger partial charge in [0.2, 0.25) is 11.8 Å². The second kappa shape index (κ2) is 9.87. The van der Waals surface area contributed by atoms with E-state index in [4.69, 9.17) is 25.5 Å². The highest BCUT2D eigenvalue weighted by atomic mass is 35.5. The largest absolute Gasteiger partial charge is 0.490 e. The van der Waals surface area contributed by atoms with Crippen molar-refractivity contribution in [2.45, 2.75) is 18.9 Å². The first kappa shape index (κ1) is 22.4. The zero-order valence-corrected chi connectivity index (χ0v) is 20.1. The maximum absolute atomic E-state index is 6.23. The number of oxazole rings is 1. The molecule has 0 unspecified atom stereocenters. The molecule has 0 atom stereocenters. The lowest BCUT2D eigenvalue weighted by Gasteiger charge is -2.32. The Bertz CT molecular complexity index is 1450. The van der Waals surface area contributed by atoms with Crippen LogP contribution in [0.1, 0.15) is 12.8 Å². The molecule has 0 spiro atoms. The van der Waals surface area contributed by atoms with Crippen molar-refractivity contribution < 1.29 is 13.9 Å². The van der Waals surface area contributed by atoms with Crippen LogP contribution >= 0.6 is 11.6 Å². The number of anilines is 1. The predicted octanol–water partition coefficient (Wildman–Crippen LogP) is 6.78. The Kier molecular flexibility index (Phi) is 6.13. The molecular formula is C28H23ClN4O3. The van der Waals surface area contributed by atoms with Crippen molar-refractivity contribution >= 4 is 28.6 Å². The van der Waals surface area contributed by atoms with Gasteiger partial charge in [-0.15, -0.1) is 0 Å². The Morgan fingerprint density at radius 1 is 0.833 bits per heavy atom. The number of nitrogens with zero attached hydrogens (tertiary/aromatic N) is 4. The molecule has 180 valence electrons. The first-order valence-corrected chi connectivity index (χ1v) is 12.2. The van der Waals surface area contributed by atoms with Gasteiger partial charge in [0.15, 0.2) is 5.58 Å². The first-order chi connectivity index (χ1) is 17.7. The molecule has 3 heterocycles. The summed E-state index contributed by atoms with van der Waals surface area (Å²) in [5.74, 6) is 3.54. The van der Waals surface area contributed by atoms with E-state index in [1.807, 2.05) is 60.7 Å². The van der Waals surface area contributed by atoms with Gasteiger partial charge in [0.25, 0.3) is 0 Å². The molecule has 1 fully saturated rings. The van der Waals surface area contributed by atoms with Gasteiger partial charge >= 0.3 is 0 Å². The summed E-state index contributed by atoms with van der Waals surface area (Å²) in [5.41, 5.74) is 2.31. The summed E-state index contributed by atoms with van der Waals surface area (Å²) in [5, 5.41) is 0.664. The van der Waals surface area contributed by atoms with Crippen molar-refractivity contribution in [3.63, 3.8) is 0 Å². The third-order valence-corrected chi connectivity index (χ3v) is 6.34. The summed E-state index contributed by atoms with van der Waals surface area (Å²) in [6.07, 6.45) is 5.56. The third-order valence-electron chi connectivity index (χ3n) is 6.09. The number of ether oxygens (including phenoxy) is 2. The maximum atomic E-state index is 6.23. The van der Waals surface area contributed by atoms with Gasteiger partial charge in [-0.3, -0.25) is 0 Å². The number of halogens is 1. The van der Waals surface area contributed by atoms with Crippen molar-refractivity contribution in [3.05, 3.63) is 90.2 Å². The van der Waals surface area contributed by atoms with Gasteiger partial charge in [-0.25, -0.2) is 15.0 Å². The minimum atomic E-state index is 0.166. The Morgan fingerprint density at radius 2 is 1.53 bits per heavy atom. The van der Waals surface area contributed by atoms with Gasteiger partial charge in [-0.05, 0) is 66.7 Å². The fourth-order valence-corrected chi connectivity index (χ4v) is 4.35. The molecule has 36 heavy (non-hydrogen) atoms. The summed E-state index contributed by atoms with van der Waals surface area (Å²) in [4.78, 5) is 15.5. The number of hydrogen-bond donors (Lipinski definition) is 0. The van der Waals surface area contributed by atoms with Crippen LogP contribution in [-0.4, -0.2) is 34.1 Å². The van der Waals surface area contributed by atoms with Crippen LogP contribution < -0.4 is 14.4 Å². The topological polar surface area (TPSA) is 73.5 Å². The maximum Gasteiger partial charge on any atom is 0.227 e. The van der Waals surface area contributed by atoms with Crippen molar-refractivity contribution in [2.75, 3.05) is 18.0 Å².